The number of aromatic nitrogens is 1. The van der Waals surface area contributed by atoms with Gasteiger partial charge < -0.3 is 14.4 Å². The number of oxazole rings is 1. The molecule has 1 atom stereocenters. The van der Waals surface area contributed by atoms with Crippen LogP contribution in [0.4, 0.5) is 45.2 Å². The Balaban J connectivity index is 1.65. The number of aliphatic hydroxyl groups is 1. The van der Waals surface area contributed by atoms with Crippen molar-refractivity contribution in [3.05, 3.63) is 70.6 Å². The molecule has 0 radical (unpaired) electrons. The molecule has 4 rings (SSSR count). The zero-order chi connectivity index (χ0) is 27.6. The van der Waals surface area contributed by atoms with Crippen molar-refractivity contribution in [2.24, 2.45) is 0 Å². The van der Waals surface area contributed by atoms with Gasteiger partial charge in [0.05, 0.1) is 12.1 Å². The molecule has 0 fully saturated rings. The van der Waals surface area contributed by atoms with Crippen LogP contribution in [0.25, 0.3) is 11.5 Å². The quantitative estimate of drug-likeness (QED) is 0.366. The summed E-state index contributed by atoms with van der Waals surface area (Å²) in [5.41, 5.74) is -6.35. The van der Waals surface area contributed by atoms with Gasteiger partial charge in [-0.05, 0) is 50.1 Å². The number of alkyl halides is 9. The molecule has 13 heteroatoms. The lowest BCUT2D eigenvalue weighted by Gasteiger charge is -2.33. The van der Waals surface area contributed by atoms with E-state index in [1.54, 1.807) is 11.8 Å². The highest BCUT2D eigenvalue weighted by Gasteiger charge is 2.71. The molecule has 0 amide bonds. The highest BCUT2D eigenvalue weighted by molar-refractivity contribution is 5.62. The van der Waals surface area contributed by atoms with Crippen molar-refractivity contribution < 1.29 is 49.0 Å². The third-order valence-corrected chi connectivity index (χ3v) is 6.32. The first-order chi connectivity index (χ1) is 16.9. The Labute approximate surface area is 204 Å². The van der Waals surface area contributed by atoms with E-state index in [-0.39, 0.29) is 41.8 Å². The van der Waals surface area contributed by atoms with E-state index in [1.165, 1.54) is 19.1 Å². The Morgan fingerprint density at radius 3 is 2.19 bits per heavy atom. The average molecular weight is 538 g/mol. The maximum atomic E-state index is 13.3. The van der Waals surface area contributed by atoms with E-state index in [1.807, 2.05) is 0 Å². The van der Waals surface area contributed by atoms with Gasteiger partial charge in [-0.1, -0.05) is 18.2 Å². The van der Waals surface area contributed by atoms with E-state index in [4.69, 9.17) is 4.42 Å². The smallest absolute Gasteiger partial charge is 0.430 e. The fraction of sp³-hybridized carbons (Fsp3) is 0.375. The fourth-order valence-electron chi connectivity index (χ4n) is 4.34. The summed E-state index contributed by atoms with van der Waals surface area (Å²) in [5, 5.41) is 9.71. The summed E-state index contributed by atoms with van der Waals surface area (Å²) < 4.78 is 124. The molecule has 2 heterocycles. The lowest BCUT2D eigenvalue weighted by molar-refractivity contribution is -0.376. The van der Waals surface area contributed by atoms with Gasteiger partial charge in [-0.3, -0.25) is 0 Å². The normalized spacial score (nSPS) is 16.9. The van der Waals surface area contributed by atoms with Crippen LogP contribution in [-0.2, 0) is 24.7 Å². The molecule has 1 aromatic heterocycles. The van der Waals surface area contributed by atoms with Gasteiger partial charge in [-0.15, -0.1) is 0 Å². The molecule has 0 bridgehead atoms. The van der Waals surface area contributed by atoms with Crippen molar-refractivity contribution in [3.63, 3.8) is 0 Å². The van der Waals surface area contributed by atoms with E-state index in [0.29, 0.717) is 23.5 Å². The van der Waals surface area contributed by atoms with Crippen LogP contribution in [0.5, 0.6) is 0 Å². The van der Waals surface area contributed by atoms with Crippen LogP contribution in [0.15, 0.2) is 46.9 Å². The minimum atomic E-state index is -6.00. The van der Waals surface area contributed by atoms with Gasteiger partial charge in [0.2, 0.25) is 5.89 Å². The van der Waals surface area contributed by atoms with E-state index in [0.717, 1.165) is 18.2 Å². The first-order valence-electron chi connectivity index (χ1n) is 10.8. The molecule has 0 spiro atoms. The lowest BCUT2D eigenvalue weighted by Crippen LogP contribution is -2.53. The zero-order valence-electron chi connectivity index (χ0n) is 19.2. The molecule has 4 nitrogen and oxygen atoms in total. The number of fused-ring (bicyclic) bond motifs is 1. The van der Waals surface area contributed by atoms with Crippen LogP contribution in [0.3, 0.4) is 0 Å². The molecule has 3 aromatic rings. The van der Waals surface area contributed by atoms with Gasteiger partial charge >= 0.3 is 18.5 Å². The molecule has 1 N–H and O–H groups in total. The molecule has 1 aliphatic heterocycles. The monoisotopic (exact) mass is 538 g/mol. The van der Waals surface area contributed by atoms with Crippen LogP contribution in [-0.4, -0.2) is 28.5 Å². The van der Waals surface area contributed by atoms with Gasteiger partial charge in [-0.2, -0.15) is 39.5 Å². The third kappa shape index (κ3) is 4.64. The van der Waals surface area contributed by atoms with Gasteiger partial charge in [0.1, 0.15) is 11.5 Å². The second-order valence-electron chi connectivity index (χ2n) is 8.83. The van der Waals surface area contributed by atoms with E-state index in [9.17, 15) is 44.6 Å². The number of hydrogen-bond acceptors (Lipinski definition) is 4. The van der Waals surface area contributed by atoms with Crippen molar-refractivity contribution in [2.75, 3.05) is 4.90 Å². The van der Waals surface area contributed by atoms with Gasteiger partial charge in [0, 0.05) is 22.9 Å². The molecule has 0 aliphatic carbocycles. The molecule has 2 aromatic carbocycles. The summed E-state index contributed by atoms with van der Waals surface area (Å²) in [6.07, 6.45) is -16.5. The molecular weight excluding hydrogens is 519 g/mol. The van der Waals surface area contributed by atoms with Crippen molar-refractivity contribution in [1.82, 2.24) is 4.98 Å². The highest BCUT2D eigenvalue weighted by Crippen LogP contribution is 2.51. The fourth-order valence-corrected chi connectivity index (χ4v) is 4.34. The number of benzene rings is 2. The number of halogens is 9. The van der Waals surface area contributed by atoms with Crippen molar-refractivity contribution >= 4 is 5.69 Å². The molecule has 37 heavy (non-hydrogen) atoms. The van der Waals surface area contributed by atoms with Crippen molar-refractivity contribution in [1.29, 1.82) is 0 Å². The lowest BCUT2D eigenvalue weighted by atomic mass is 9.90. The summed E-state index contributed by atoms with van der Waals surface area (Å²) >= 11 is 0. The van der Waals surface area contributed by atoms with Gasteiger partial charge in [-0.25, -0.2) is 4.98 Å². The Morgan fingerprint density at radius 1 is 0.946 bits per heavy atom. The summed E-state index contributed by atoms with van der Waals surface area (Å²) in [5.74, 6) is 0.217. The van der Waals surface area contributed by atoms with Crippen LogP contribution in [0, 0.1) is 6.92 Å². The first-order valence-corrected chi connectivity index (χ1v) is 10.8. The number of aryl methyl sites for hydroxylation is 1. The van der Waals surface area contributed by atoms with Crippen molar-refractivity contribution in [2.45, 2.75) is 57.0 Å². The summed E-state index contributed by atoms with van der Waals surface area (Å²) in [6, 6.07) is 6.34. The van der Waals surface area contributed by atoms with Gasteiger partial charge in [0.25, 0.3) is 5.60 Å². The molecule has 200 valence electrons. The van der Waals surface area contributed by atoms with Crippen LogP contribution < -0.4 is 4.90 Å². The topological polar surface area (TPSA) is 49.5 Å². The minimum absolute atomic E-state index is 0.0324. The standard InChI is InChI=1S/C24H19F9N2O2/c1-12-8-15-10-16(21(36,23(28,29)30)24(31,32)33)6-7-19(15)35(12)11-18-13(2)37-20(34-18)14-4-3-5-17(9-14)22(25,26)27/h3-7,9-10,12,36H,8,11H2,1-2H3/t12-/m1/s1. The maximum Gasteiger partial charge on any atom is 0.430 e. The highest BCUT2D eigenvalue weighted by atomic mass is 19.4. The van der Waals surface area contributed by atoms with Crippen LogP contribution in [0.2, 0.25) is 0 Å². The molecule has 1 aliphatic rings. The Morgan fingerprint density at radius 2 is 1.59 bits per heavy atom. The number of rotatable bonds is 4. The summed E-state index contributed by atoms with van der Waals surface area (Å²) in [4.78, 5) is 5.96. The molecular formula is C24H19F9N2O2. The average Bonchev–Trinajstić information content (AvgIpc) is 3.30. The van der Waals surface area contributed by atoms with Crippen molar-refractivity contribution in [3.8, 4) is 11.5 Å². The van der Waals surface area contributed by atoms with E-state index in [2.05, 4.69) is 4.98 Å². The summed E-state index contributed by atoms with van der Waals surface area (Å²) in [7, 11) is 0. The van der Waals surface area contributed by atoms with Gasteiger partial charge in [0.15, 0.2) is 0 Å². The number of hydrogen-bond donors (Lipinski definition) is 1. The summed E-state index contributed by atoms with van der Waals surface area (Å²) in [6.45, 7) is 3.27. The first kappa shape index (κ1) is 26.8. The number of nitrogens with zero attached hydrogens (tertiary/aromatic N) is 2. The van der Waals surface area contributed by atoms with Crippen LogP contribution in [0.1, 0.15) is 35.1 Å². The second-order valence-corrected chi connectivity index (χ2v) is 8.83. The Kier molecular flexibility index (Phi) is 6.29. The number of anilines is 1. The molecule has 0 unspecified atom stereocenters. The predicted molar refractivity (Wildman–Crippen MR) is 113 cm³/mol. The molecule has 0 saturated carbocycles. The third-order valence-electron chi connectivity index (χ3n) is 6.32. The largest absolute Gasteiger partial charge is 0.441 e. The Hall–Kier alpha value is -3.22. The van der Waals surface area contributed by atoms with Crippen LogP contribution >= 0.6 is 0 Å². The Bertz CT molecular complexity index is 1290. The minimum Gasteiger partial charge on any atom is -0.441 e. The maximum absolute atomic E-state index is 13.3. The van der Waals surface area contributed by atoms with E-state index >= 15 is 0 Å². The zero-order valence-corrected chi connectivity index (χ0v) is 19.2. The molecule has 0 saturated heterocycles. The SMILES string of the molecule is Cc1oc(-c2cccc(C(F)(F)F)c2)nc1CN1c2ccc(C(O)(C(F)(F)F)C(F)(F)F)cc2C[C@H]1C. The predicted octanol–water partition coefficient (Wildman–Crippen LogP) is 6.93. The van der Waals surface area contributed by atoms with E-state index < -0.39 is 35.3 Å². The second kappa shape index (κ2) is 8.67.